The molecule has 0 aromatic rings. The highest BCUT2D eigenvalue weighted by molar-refractivity contribution is 7.87. The number of hydrogen-bond acceptors (Lipinski definition) is 4. The summed E-state index contributed by atoms with van der Waals surface area (Å²) < 4.78 is 55.9. The van der Waals surface area contributed by atoms with E-state index in [1.54, 1.807) is 6.07 Å². The van der Waals surface area contributed by atoms with Crippen molar-refractivity contribution < 1.29 is 25.8 Å². The molecule has 4 nitrogen and oxygen atoms in total. The summed E-state index contributed by atoms with van der Waals surface area (Å²) in [5.74, 6) is 0. The molecule has 0 spiro atoms. The van der Waals surface area contributed by atoms with Gasteiger partial charge in [-0.25, -0.2) is 0 Å². The fraction of sp³-hybridized carbons (Fsp3) is 0.750. The van der Waals surface area contributed by atoms with Gasteiger partial charge in [-0.05, 0) is 0 Å². The van der Waals surface area contributed by atoms with Crippen LogP contribution < -0.4 is 0 Å². The molecule has 0 saturated heterocycles. The molecule has 0 aliphatic carbocycles. The van der Waals surface area contributed by atoms with Gasteiger partial charge in [-0.2, -0.15) is 26.9 Å². The third-order valence-electron chi connectivity index (χ3n) is 0.503. The van der Waals surface area contributed by atoms with Gasteiger partial charge in [0.05, 0.1) is 13.2 Å². The van der Waals surface area contributed by atoms with Crippen LogP contribution in [0.25, 0.3) is 0 Å². The molecule has 0 saturated carbocycles. The van der Waals surface area contributed by atoms with Gasteiger partial charge >= 0.3 is 15.6 Å². The van der Waals surface area contributed by atoms with E-state index in [1.807, 2.05) is 0 Å². The molecule has 0 N–H and O–H groups in total. The number of alkyl halides is 3. The van der Waals surface area contributed by atoms with Gasteiger partial charge in [0.1, 0.15) is 0 Å². The Hall–Kier alpha value is -0.810. The van der Waals surface area contributed by atoms with Crippen LogP contribution in [0.1, 0.15) is 6.92 Å². The topological polar surface area (TPSA) is 67.2 Å². The smallest absolute Gasteiger partial charge is 0.267 e. The molecule has 0 aliphatic heterocycles. The number of halogens is 3. The summed E-state index contributed by atoms with van der Waals surface area (Å²) in [6.07, 6.45) is 0. The van der Waals surface area contributed by atoms with Crippen LogP contribution in [-0.2, 0) is 14.3 Å². The zero-order valence-electron chi connectivity index (χ0n) is 6.21. The van der Waals surface area contributed by atoms with E-state index >= 15 is 0 Å². The Morgan fingerprint density at radius 1 is 1.42 bits per heavy atom. The Labute approximate surface area is 67.7 Å². The summed E-state index contributed by atoms with van der Waals surface area (Å²) in [5.41, 5.74) is -5.30. The van der Waals surface area contributed by atoms with E-state index in [0.717, 1.165) is 0 Å². The third-order valence-corrected chi connectivity index (χ3v) is 1.51. The summed E-state index contributed by atoms with van der Waals surface area (Å²) in [4.78, 5) is 0. The standard InChI is InChI=1S/C2H3F3O3S.C2H3N/c1-8-9(6,7)2(3,4)5;1-2-3/h1H3;1H3. The van der Waals surface area contributed by atoms with E-state index < -0.39 is 15.6 Å². The summed E-state index contributed by atoms with van der Waals surface area (Å²) in [5, 5.41) is 7.32. The van der Waals surface area contributed by atoms with Crippen molar-refractivity contribution in [3.63, 3.8) is 0 Å². The third kappa shape index (κ3) is 4.92. The number of hydrogen-bond donors (Lipinski definition) is 0. The number of nitrogens with zero attached hydrogens (tertiary/aromatic N) is 1. The Kier molecular flexibility index (Phi) is 5.67. The maximum absolute atomic E-state index is 11.1. The highest BCUT2D eigenvalue weighted by atomic mass is 32.2. The van der Waals surface area contributed by atoms with Crippen LogP contribution in [0.4, 0.5) is 13.2 Å². The zero-order valence-corrected chi connectivity index (χ0v) is 7.03. The first-order valence-corrected chi connectivity index (χ1v) is 3.81. The lowest BCUT2D eigenvalue weighted by molar-refractivity contribution is -0.0526. The normalized spacial score (nSPS) is 11.0. The van der Waals surface area contributed by atoms with Crippen LogP contribution >= 0.6 is 0 Å². The Bertz CT molecular complexity index is 250. The van der Waals surface area contributed by atoms with Crippen molar-refractivity contribution in [3.8, 4) is 6.07 Å². The van der Waals surface area contributed by atoms with Crippen molar-refractivity contribution in [2.45, 2.75) is 12.4 Å². The van der Waals surface area contributed by atoms with Crippen LogP contribution in [0.15, 0.2) is 0 Å². The van der Waals surface area contributed by atoms with E-state index in [4.69, 9.17) is 5.26 Å². The minimum absolute atomic E-state index is 0.447. The lowest BCUT2D eigenvalue weighted by Gasteiger charge is -2.02. The molecule has 72 valence electrons. The molecule has 0 radical (unpaired) electrons. The van der Waals surface area contributed by atoms with Crippen molar-refractivity contribution in [2.24, 2.45) is 0 Å². The highest BCUT2D eigenvalue weighted by Gasteiger charge is 2.46. The minimum atomic E-state index is -5.34. The molecule has 0 aromatic carbocycles. The van der Waals surface area contributed by atoms with Crippen LogP contribution in [0.5, 0.6) is 0 Å². The maximum atomic E-state index is 11.1. The molecule has 0 heterocycles. The second-order valence-corrected chi connectivity index (χ2v) is 2.99. The summed E-state index contributed by atoms with van der Waals surface area (Å²) in [6.45, 7) is 1.43. The van der Waals surface area contributed by atoms with E-state index in [9.17, 15) is 21.6 Å². The van der Waals surface area contributed by atoms with E-state index in [1.165, 1.54) is 6.92 Å². The first kappa shape index (κ1) is 13.8. The SMILES string of the molecule is CC#N.COS(=O)(=O)C(F)(F)F. The molecule has 0 fully saturated rings. The van der Waals surface area contributed by atoms with Crippen molar-refractivity contribution in [1.82, 2.24) is 0 Å². The van der Waals surface area contributed by atoms with Crippen molar-refractivity contribution in [2.75, 3.05) is 7.11 Å². The average molecular weight is 205 g/mol. The van der Waals surface area contributed by atoms with Crippen LogP contribution in [-0.4, -0.2) is 21.0 Å². The quantitative estimate of drug-likeness (QED) is 0.473. The Morgan fingerprint density at radius 3 is 1.67 bits per heavy atom. The fourth-order valence-corrected chi connectivity index (χ4v) is 0.283. The zero-order chi connectivity index (χ0) is 10.4. The Morgan fingerprint density at radius 2 is 1.67 bits per heavy atom. The second kappa shape index (κ2) is 4.95. The van der Waals surface area contributed by atoms with Gasteiger partial charge in [0.2, 0.25) is 0 Å². The molecule has 0 unspecified atom stereocenters. The average Bonchev–Trinajstić information content (AvgIpc) is 1.87. The Balaban J connectivity index is 0. The molecule has 12 heavy (non-hydrogen) atoms. The molecular formula is C4H6F3NO3S. The maximum Gasteiger partial charge on any atom is 0.523 e. The molecule has 0 atom stereocenters. The van der Waals surface area contributed by atoms with Gasteiger partial charge in [-0.15, -0.1) is 0 Å². The molecule has 8 heteroatoms. The van der Waals surface area contributed by atoms with E-state index in [-0.39, 0.29) is 0 Å². The first-order valence-electron chi connectivity index (χ1n) is 2.40. The second-order valence-electron chi connectivity index (χ2n) is 1.29. The van der Waals surface area contributed by atoms with Gasteiger partial charge in [0.15, 0.2) is 0 Å². The van der Waals surface area contributed by atoms with Gasteiger partial charge in [-0.3, -0.25) is 4.18 Å². The molecule has 0 aliphatic rings. The highest BCUT2D eigenvalue weighted by Crippen LogP contribution is 2.23. The van der Waals surface area contributed by atoms with Gasteiger partial charge in [0.25, 0.3) is 0 Å². The van der Waals surface area contributed by atoms with Crippen molar-refractivity contribution >= 4 is 10.1 Å². The van der Waals surface area contributed by atoms with Crippen molar-refractivity contribution in [1.29, 1.82) is 5.26 Å². The molecule has 0 amide bonds. The fourth-order valence-electron chi connectivity index (χ4n) is 0.0945. The number of rotatable bonds is 1. The van der Waals surface area contributed by atoms with Gasteiger partial charge in [-0.1, -0.05) is 0 Å². The summed E-state index contributed by atoms with van der Waals surface area (Å²) in [7, 11) is -4.89. The lowest BCUT2D eigenvalue weighted by Crippen LogP contribution is -2.23. The molecule has 0 rings (SSSR count). The number of nitriles is 1. The molecular weight excluding hydrogens is 199 g/mol. The van der Waals surface area contributed by atoms with Crippen LogP contribution in [0.2, 0.25) is 0 Å². The monoisotopic (exact) mass is 205 g/mol. The van der Waals surface area contributed by atoms with E-state index in [0.29, 0.717) is 7.11 Å². The summed E-state index contributed by atoms with van der Waals surface area (Å²) in [6, 6.07) is 1.75. The van der Waals surface area contributed by atoms with Gasteiger partial charge < -0.3 is 0 Å². The minimum Gasteiger partial charge on any atom is -0.267 e. The van der Waals surface area contributed by atoms with Gasteiger partial charge in [0, 0.05) is 6.92 Å². The van der Waals surface area contributed by atoms with E-state index in [2.05, 4.69) is 4.18 Å². The largest absolute Gasteiger partial charge is 0.523 e. The lowest BCUT2D eigenvalue weighted by atomic mass is 11.0. The molecule has 0 aromatic heterocycles. The predicted octanol–water partition coefficient (Wildman–Crippen LogP) is 1.01. The van der Waals surface area contributed by atoms with Crippen LogP contribution in [0.3, 0.4) is 0 Å². The molecule has 0 bridgehead atoms. The summed E-state index contributed by atoms with van der Waals surface area (Å²) >= 11 is 0. The predicted molar refractivity (Wildman–Crippen MR) is 33.3 cm³/mol. The first-order chi connectivity index (χ1) is 5.22. The van der Waals surface area contributed by atoms with Crippen LogP contribution in [0, 0.1) is 11.3 Å². The van der Waals surface area contributed by atoms with Crippen molar-refractivity contribution in [3.05, 3.63) is 0 Å².